The first-order chi connectivity index (χ1) is 30.9. The summed E-state index contributed by atoms with van der Waals surface area (Å²) in [5.41, 5.74) is -1.65. The standard InChI is InChI=1S/C48H74O19/c1-19-26(50)27(51)32(56)40(62-19)64-25-18-43(2,3)17-21-20-16-22(49)37-46(7)12-11-24(44(4,5)23(46)10-13-48(37,9)47(20,8)15-14-45(21,25)6)63-42-36(31(55)30(54)35(66-42)39(60)61)67-41-33(57)28(52)29(53)34(65-41)38(58)59/h16,19,21,23-37,40-42,50-57H,10-15,17-18H2,1-9H3,(H,58,59)(H,60,61)/t19-,21-,23-,24-,25+,26-,27+,28+,29+,30+,31+,32+,33-,34+,35+,36-,37+,40-,41+,42-,45+,46-,47+,48+/m1/s1. The minimum absolute atomic E-state index is 0.0425. The molecular weight excluding hydrogens is 881 g/mol. The summed E-state index contributed by atoms with van der Waals surface area (Å²) in [7, 11) is 0. The smallest absolute Gasteiger partial charge is 0.335 e. The third kappa shape index (κ3) is 7.88. The first kappa shape index (κ1) is 51.2. The minimum Gasteiger partial charge on any atom is -0.479 e. The minimum atomic E-state index is -2.06. The summed E-state index contributed by atoms with van der Waals surface area (Å²) in [6.07, 6.45) is -19.6. The molecule has 3 heterocycles. The highest BCUT2D eigenvalue weighted by Gasteiger charge is 2.71. The Kier molecular flexibility index (Phi) is 13.2. The van der Waals surface area contributed by atoms with Crippen molar-refractivity contribution in [3.05, 3.63) is 11.6 Å². The number of hydrogen-bond acceptors (Lipinski definition) is 17. The van der Waals surface area contributed by atoms with Gasteiger partial charge in [0.25, 0.3) is 0 Å². The van der Waals surface area contributed by atoms with Gasteiger partial charge in [0.2, 0.25) is 0 Å². The summed E-state index contributed by atoms with van der Waals surface area (Å²) in [6.45, 7) is 19.0. The predicted octanol–water partition coefficient (Wildman–Crippen LogP) is 1.00. The second-order valence-electron chi connectivity index (χ2n) is 23.8. The lowest BCUT2D eigenvalue weighted by Crippen LogP contribution is -2.68. The van der Waals surface area contributed by atoms with Crippen LogP contribution in [0.3, 0.4) is 0 Å². The SMILES string of the molecule is C[C@H]1O[C@H](O[C@H]2CC(C)(C)C[C@@H]3C4=CC(=O)[C@H]5[C@]6(C)CC[C@@H](O[C@@H]7O[C@H](C(=O)O)[C@@H](O)[C@H](O)[C@H]7O[C@@H]7O[C@H](C(=O)O)[C@@H](O)[C@H](O)[C@H]7O)C(C)(C)[C@H]6CC[C@]5(C)[C@@]4(C)CC[C@]23C)[C@@H](O)[C@@H](O)[C@@H]1O. The van der Waals surface area contributed by atoms with Crippen molar-refractivity contribution in [3.8, 4) is 0 Å². The molecule has 3 aliphatic heterocycles. The van der Waals surface area contributed by atoms with Gasteiger partial charge in [0.1, 0.15) is 54.9 Å². The van der Waals surface area contributed by atoms with Gasteiger partial charge in [0, 0.05) is 11.3 Å². The Morgan fingerprint density at radius 3 is 1.76 bits per heavy atom. The summed E-state index contributed by atoms with van der Waals surface area (Å²) in [6, 6.07) is 0. The molecule has 7 fully saturated rings. The quantitative estimate of drug-likeness (QED) is 0.152. The second kappa shape index (κ2) is 17.2. The second-order valence-corrected chi connectivity index (χ2v) is 23.8. The van der Waals surface area contributed by atoms with Crippen LogP contribution >= 0.6 is 0 Å². The maximum atomic E-state index is 15.2. The summed E-state index contributed by atoms with van der Waals surface area (Å²) in [5.74, 6) is -3.77. The molecule has 67 heavy (non-hydrogen) atoms. The van der Waals surface area contributed by atoms with Gasteiger partial charge < -0.3 is 79.5 Å². The molecule has 380 valence electrons. The summed E-state index contributed by atoms with van der Waals surface area (Å²) >= 11 is 0. The van der Waals surface area contributed by atoms with Crippen LogP contribution in [0.1, 0.15) is 114 Å². The average Bonchev–Trinajstić information content (AvgIpc) is 3.23. The molecule has 0 aromatic rings. The number of aliphatic carboxylic acids is 2. The summed E-state index contributed by atoms with van der Waals surface area (Å²) in [4.78, 5) is 39.4. The van der Waals surface area contributed by atoms with E-state index in [1.807, 2.05) is 19.9 Å². The van der Waals surface area contributed by atoms with E-state index in [9.17, 15) is 60.7 Å². The van der Waals surface area contributed by atoms with E-state index in [1.54, 1.807) is 6.92 Å². The van der Waals surface area contributed by atoms with Crippen LogP contribution < -0.4 is 0 Å². The zero-order chi connectivity index (χ0) is 49.5. The maximum absolute atomic E-state index is 15.2. The predicted molar refractivity (Wildman–Crippen MR) is 230 cm³/mol. The third-order valence-corrected chi connectivity index (χ3v) is 19.1. The van der Waals surface area contributed by atoms with Crippen LogP contribution in [-0.2, 0) is 42.8 Å². The number of ether oxygens (including phenoxy) is 6. The van der Waals surface area contributed by atoms with Crippen molar-refractivity contribution in [3.63, 3.8) is 0 Å². The summed E-state index contributed by atoms with van der Waals surface area (Å²) < 4.78 is 36.2. The van der Waals surface area contributed by atoms with E-state index in [1.165, 1.54) is 0 Å². The Morgan fingerprint density at radius 2 is 1.15 bits per heavy atom. The number of carbonyl (C=O) groups excluding carboxylic acids is 1. The molecule has 19 heteroatoms. The first-order valence-corrected chi connectivity index (χ1v) is 24.0. The lowest BCUT2D eigenvalue weighted by Gasteiger charge is -2.71. The molecule has 0 aromatic carbocycles. The van der Waals surface area contributed by atoms with E-state index in [-0.39, 0.29) is 40.5 Å². The highest BCUT2D eigenvalue weighted by Crippen LogP contribution is 2.75. The Balaban J connectivity index is 1.06. The highest BCUT2D eigenvalue weighted by atomic mass is 16.8. The van der Waals surface area contributed by atoms with E-state index in [2.05, 4.69) is 41.5 Å². The van der Waals surface area contributed by atoms with Gasteiger partial charge in [0.05, 0.1) is 18.3 Å². The zero-order valence-corrected chi connectivity index (χ0v) is 39.9. The van der Waals surface area contributed by atoms with Crippen LogP contribution in [0.2, 0.25) is 0 Å². The van der Waals surface area contributed by atoms with Crippen LogP contribution in [0.15, 0.2) is 11.6 Å². The topological polar surface area (TPSA) is 309 Å². The summed E-state index contributed by atoms with van der Waals surface area (Å²) in [5, 5.41) is 105. The van der Waals surface area contributed by atoms with E-state index in [0.29, 0.717) is 32.1 Å². The van der Waals surface area contributed by atoms with Crippen molar-refractivity contribution in [2.75, 3.05) is 0 Å². The van der Waals surface area contributed by atoms with E-state index < -0.39 is 132 Å². The molecule has 8 aliphatic rings. The molecule has 5 aliphatic carbocycles. The van der Waals surface area contributed by atoms with Crippen LogP contribution in [0.25, 0.3) is 0 Å². The number of carboxylic acid groups (broad SMARTS) is 2. The Labute approximate surface area is 390 Å². The monoisotopic (exact) mass is 954 g/mol. The van der Waals surface area contributed by atoms with Gasteiger partial charge in [-0.05, 0) is 103 Å². The van der Waals surface area contributed by atoms with Crippen LogP contribution in [-0.4, -0.2) is 173 Å². The Hall–Kier alpha value is -2.21. The van der Waals surface area contributed by atoms with E-state index in [0.717, 1.165) is 24.8 Å². The number of allylic oxidation sites excluding steroid dienone is 2. The number of rotatable bonds is 8. The number of fused-ring (bicyclic) bond motifs is 7. The number of hydrogen-bond donors (Lipinski definition) is 10. The molecule has 24 atom stereocenters. The van der Waals surface area contributed by atoms with Crippen molar-refractivity contribution in [2.24, 2.45) is 50.2 Å². The van der Waals surface area contributed by atoms with E-state index >= 15 is 4.79 Å². The molecule has 8 rings (SSSR count). The van der Waals surface area contributed by atoms with Crippen LogP contribution in [0.5, 0.6) is 0 Å². The van der Waals surface area contributed by atoms with Crippen molar-refractivity contribution in [1.29, 1.82) is 0 Å². The lowest BCUT2D eigenvalue weighted by atomic mass is 9.33. The third-order valence-electron chi connectivity index (χ3n) is 19.1. The fourth-order valence-corrected chi connectivity index (χ4v) is 15.0. The largest absolute Gasteiger partial charge is 0.479 e. The van der Waals surface area contributed by atoms with Crippen molar-refractivity contribution >= 4 is 17.7 Å². The highest BCUT2D eigenvalue weighted by molar-refractivity contribution is 5.95. The van der Waals surface area contributed by atoms with Gasteiger partial charge in [0.15, 0.2) is 36.9 Å². The van der Waals surface area contributed by atoms with Gasteiger partial charge >= 0.3 is 11.9 Å². The fourth-order valence-electron chi connectivity index (χ4n) is 15.0. The van der Waals surface area contributed by atoms with Gasteiger partial charge in [-0.25, -0.2) is 9.59 Å². The van der Waals surface area contributed by atoms with Gasteiger partial charge in [-0.3, -0.25) is 4.79 Å². The average molecular weight is 955 g/mol. The van der Waals surface area contributed by atoms with Gasteiger partial charge in [-0.15, -0.1) is 0 Å². The van der Waals surface area contributed by atoms with Crippen molar-refractivity contribution < 1.29 is 93.9 Å². The number of carboxylic acids is 2. The molecule has 0 radical (unpaired) electrons. The maximum Gasteiger partial charge on any atom is 0.335 e. The number of aliphatic hydroxyl groups excluding tert-OH is 8. The molecule has 3 saturated heterocycles. The molecule has 0 bridgehead atoms. The molecule has 0 spiro atoms. The number of aliphatic hydroxyl groups is 8. The number of ketones is 1. The molecule has 0 aromatic heterocycles. The molecular formula is C48H74O19. The normalized spacial score (nSPS) is 53.8. The van der Waals surface area contributed by atoms with Crippen LogP contribution in [0.4, 0.5) is 0 Å². The molecule has 4 saturated carbocycles. The molecule has 0 unspecified atom stereocenters. The van der Waals surface area contributed by atoms with Crippen molar-refractivity contribution in [2.45, 2.75) is 218 Å². The van der Waals surface area contributed by atoms with Crippen LogP contribution in [0, 0.1) is 50.2 Å². The van der Waals surface area contributed by atoms with Gasteiger partial charge in [-0.1, -0.05) is 61.0 Å². The Bertz CT molecular complexity index is 1960. The molecule has 10 N–H and O–H groups in total. The molecule has 19 nitrogen and oxygen atoms in total. The molecule has 0 amide bonds. The van der Waals surface area contributed by atoms with Crippen molar-refractivity contribution in [1.82, 2.24) is 0 Å². The Morgan fingerprint density at radius 1 is 0.597 bits per heavy atom. The zero-order valence-electron chi connectivity index (χ0n) is 39.9. The number of carbonyl (C=O) groups is 3. The first-order valence-electron chi connectivity index (χ1n) is 24.0. The lowest BCUT2D eigenvalue weighted by molar-refractivity contribution is -0.371. The fraction of sp³-hybridized carbons (Fsp3) is 0.896. The van der Waals surface area contributed by atoms with Gasteiger partial charge in [-0.2, -0.15) is 0 Å². The van der Waals surface area contributed by atoms with E-state index in [4.69, 9.17) is 28.4 Å².